The van der Waals surface area contributed by atoms with Gasteiger partial charge < -0.3 is 9.16 Å². The average Bonchev–Trinajstić information content (AvgIpc) is 3.51. The second-order valence-electron chi connectivity index (χ2n) is 9.08. The Morgan fingerprint density at radius 2 is 1.60 bits per heavy atom. The van der Waals surface area contributed by atoms with Crippen LogP contribution in [0.5, 0.6) is 0 Å². The molecule has 4 heteroatoms. The molecule has 0 amide bonds. The average molecular weight is 423 g/mol. The fourth-order valence-electron chi connectivity index (χ4n) is 4.32. The van der Waals surface area contributed by atoms with Crippen LogP contribution < -0.4 is 10.4 Å². The van der Waals surface area contributed by atoms with Crippen molar-refractivity contribution in [2.24, 2.45) is 11.8 Å². The third-order valence-electron chi connectivity index (χ3n) is 5.97. The Morgan fingerprint density at radius 3 is 2.10 bits per heavy atom. The maximum atomic E-state index is 11.8. The number of allylic oxidation sites excluding steroid dienone is 1. The fourth-order valence-corrected chi connectivity index (χ4v) is 8.64. The van der Waals surface area contributed by atoms with E-state index < -0.39 is 8.32 Å². The number of ether oxygens (including phenoxy) is 1. The molecule has 1 aliphatic rings. The molecule has 0 aliphatic heterocycles. The Hall–Kier alpha value is -2.33. The van der Waals surface area contributed by atoms with E-state index in [1.165, 1.54) is 10.4 Å². The van der Waals surface area contributed by atoms with Crippen LogP contribution in [0.15, 0.2) is 73.0 Å². The predicted octanol–water partition coefficient (Wildman–Crippen LogP) is 5.06. The molecule has 0 spiro atoms. The summed E-state index contributed by atoms with van der Waals surface area (Å²) in [7, 11) is -2.51. The molecule has 0 N–H and O–H groups in total. The highest BCUT2D eigenvalue weighted by molar-refractivity contribution is 6.99. The van der Waals surface area contributed by atoms with Crippen LogP contribution in [0.1, 0.15) is 47.0 Å². The molecule has 1 saturated carbocycles. The van der Waals surface area contributed by atoms with Crippen molar-refractivity contribution in [3.8, 4) is 0 Å². The van der Waals surface area contributed by atoms with Gasteiger partial charge in [0.1, 0.15) is 0 Å². The molecular formula is C26H34O3Si. The maximum Gasteiger partial charge on any atom is 0.319 e. The molecule has 0 heterocycles. The lowest BCUT2D eigenvalue weighted by atomic mass is 10.2. The lowest BCUT2D eigenvalue weighted by Crippen LogP contribution is -2.65. The highest BCUT2D eigenvalue weighted by Gasteiger charge is 2.51. The van der Waals surface area contributed by atoms with E-state index in [-0.39, 0.29) is 16.9 Å². The molecule has 0 radical (unpaired) electrons. The van der Waals surface area contributed by atoms with Crippen molar-refractivity contribution >= 4 is 24.7 Å². The highest BCUT2D eigenvalue weighted by Crippen LogP contribution is 2.43. The minimum absolute atomic E-state index is 0.0324. The summed E-state index contributed by atoms with van der Waals surface area (Å²) in [6.45, 7) is 9.16. The molecule has 0 saturated heterocycles. The smallest absolute Gasteiger partial charge is 0.319 e. The zero-order valence-electron chi connectivity index (χ0n) is 18.6. The van der Waals surface area contributed by atoms with Gasteiger partial charge in [-0.25, -0.2) is 0 Å². The predicted molar refractivity (Wildman–Crippen MR) is 125 cm³/mol. The van der Waals surface area contributed by atoms with Crippen molar-refractivity contribution < 1.29 is 14.0 Å². The third-order valence-corrected chi connectivity index (χ3v) is 10.9. The van der Waals surface area contributed by atoms with Crippen molar-refractivity contribution in [1.82, 2.24) is 0 Å². The monoisotopic (exact) mass is 422 g/mol. The molecular weight excluding hydrogens is 388 g/mol. The van der Waals surface area contributed by atoms with Gasteiger partial charge in [0, 0.05) is 0 Å². The number of hydrogen-bond acceptors (Lipinski definition) is 3. The number of carbonyl (C=O) groups excluding carboxylic acids is 1. The summed E-state index contributed by atoms with van der Waals surface area (Å²) in [5, 5.41) is 2.52. The second kappa shape index (κ2) is 9.65. The third kappa shape index (κ3) is 4.86. The summed E-state index contributed by atoms with van der Waals surface area (Å²) >= 11 is 0. The molecule has 3 nitrogen and oxygen atoms in total. The van der Waals surface area contributed by atoms with Crippen LogP contribution in [0.4, 0.5) is 0 Å². The van der Waals surface area contributed by atoms with E-state index in [4.69, 9.17) is 9.16 Å². The van der Waals surface area contributed by atoms with E-state index >= 15 is 0 Å². The minimum Gasteiger partial charge on any atom is -0.540 e. The SMILES string of the molecule is CCOC(=O)C1CC1CCC=CO[Si](c1ccccc1)(c1ccccc1)C(C)(C)C. The summed E-state index contributed by atoms with van der Waals surface area (Å²) in [5.74, 6) is 0.535. The van der Waals surface area contributed by atoms with Crippen LogP contribution >= 0.6 is 0 Å². The van der Waals surface area contributed by atoms with Gasteiger partial charge in [0.2, 0.25) is 0 Å². The topological polar surface area (TPSA) is 35.5 Å². The largest absolute Gasteiger partial charge is 0.540 e. The molecule has 2 aromatic carbocycles. The van der Waals surface area contributed by atoms with Gasteiger partial charge >= 0.3 is 14.3 Å². The van der Waals surface area contributed by atoms with E-state index in [1.54, 1.807) is 0 Å². The van der Waals surface area contributed by atoms with Gasteiger partial charge in [-0.15, -0.1) is 0 Å². The van der Waals surface area contributed by atoms with Gasteiger partial charge in [-0.3, -0.25) is 4.79 Å². The Bertz CT molecular complexity index is 800. The van der Waals surface area contributed by atoms with Crippen molar-refractivity contribution in [2.45, 2.75) is 52.0 Å². The number of esters is 1. The maximum absolute atomic E-state index is 11.8. The summed E-state index contributed by atoms with van der Waals surface area (Å²) in [6.07, 6.45) is 6.92. The van der Waals surface area contributed by atoms with Gasteiger partial charge in [0.05, 0.1) is 18.8 Å². The van der Waals surface area contributed by atoms with E-state index in [0.29, 0.717) is 12.5 Å². The molecule has 1 fully saturated rings. The zero-order valence-corrected chi connectivity index (χ0v) is 19.6. The molecule has 0 aromatic heterocycles. The van der Waals surface area contributed by atoms with Crippen molar-refractivity contribution in [3.63, 3.8) is 0 Å². The van der Waals surface area contributed by atoms with Crippen molar-refractivity contribution in [1.29, 1.82) is 0 Å². The van der Waals surface area contributed by atoms with E-state index in [2.05, 4.69) is 87.5 Å². The Kier molecular flexibility index (Phi) is 7.19. The highest BCUT2D eigenvalue weighted by atomic mass is 28.4. The molecule has 3 rings (SSSR count). The lowest BCUT2D eigenvalue weighted by Gasteiger charge is -2.41. The van der Waals surface area contributed by atoms with Crippen LogP contribution in [-0.2, 0) is 14.0 Å². The van der Waals surface area contributed by atoms with Gasteiger partial charge in [-0.1, -0.05) is 87.5 Å². The zero-order chi connectivity index (χ0) is 21.6. The van der Waals surface area contributed by atoms with E-state index in [1.807, 2.05) is 13.2 Å². The fraction of sp³-hybridized carbons (Fsp3) is 0.423. The molecule has 2 aromatic rings. The van der Waals surface area contributed by atoms with Crippen LogP contribution in [0.3, 0.4) is 0 Å². The van der Waals surface area contributed by atoms with Gasteiger partial charge in [-0.2, -0.15) is 0 Å². The summed E-state index contributed by atoms with van der Waals surface area (Å²) in [5.41, 5.74) is 0. The summed E-state index contributed by atoms with van der Waals surface area (Å²) in [6, 6.07) is 21.3. The molecule has 30 heavy (non-hydrogen) atoms. The van der Waals surface area contributed by atoms with Gasteiger partial charge in [0.25, 0.3) is 0 Å². The van der Waals surface area contributed by atoms with Crippen LogP contribution in [0.2, 0.25) is 5.04 Å². The molecule has 2 atom stereocenters. The number of carbonyl (C=O) groups is 1. The number of hydrogen-bond donors (Lipinski definition) is 0. The number of benzene rings is 2. The van der Waals surface area contributed by atoms with Crippen LogP contribution in [-0.4, -0.2) is 20.9 Å². The summed E-state index contributed by atoms with van der Waals surface area (Å²) in [4.78, 5) is 11.8. The first-order chi connectivity index (χ1) is 14.4. The van der Waals surface area contributed by atoms with Crippen LogP contribution in [0.25, 0.3) is 0 Å². The van der Waals surface area contributed by atoms with Gasteiger partial charge in [0.15, 0.2) is 0 Å². The second-order valence-corrected chi connectivity index (χ2v) is 13.3. The van der Waals surface area contributed by atoms with Crippen molar-refractivity contribution in [3.05, 3.63) is 73.0 Å². The first-order valence-corrected chi connectivity index (χ1v) is 12.9. The Morgan fingerprint density at radius 1 is 1.03 bits per heavy atom. The molecule has 0 bridgehead atoms. The van der Waals surface area contributed by atoms with Crippen molar-refractivity contribution in [2.75, 3.05) is 6.61 Å². The molecule has 1 aliphatic carbocycles. The molecule has 2 unspecified atom stereocenters. The standard InChI is InChI=1S/C26H34O3Si/c1-5-28-25(27)24-20-21(24)14-12-13-19-29-30(26(2,3)4,22-15-8-6-9-16-22)23-17-10-7-11-18-23/h6-11,13,15-19,21,24H,5,12,14,20H2,1-4H3. The lowest BCUT2D eigenvalue weighted by molar-refractivity contribution is -0.145. The summed E-state index contributed by atoms with van der Waals surface area (Å²) < 4.78 is 11.9. The number of rotatable bonds is 9. The molecule has 160 valence electrons. The van der Waals surface area contributed by atoms with Gasteiger partial charge in [-0.05, 0) is 47.5 Å². The first-order valence-electron chi connectivity index (χ1n) is 11.0. The Balaban J connectivity index is 1.74. The quantitative estimate of drug-likeness (QED) is 0.322. The first kappa shape index (κ1) is 22.4. The van der Waals surface area contributed by atoms with E-state index in [9.17, 15) is 4.79 Å². The normalized spacial score (nSPS) is 18.9. The Labute approximate surface area is 182 Å². The minimum atomic E-state index is -2.51. The van der Waals surface area contributed by atoms with Crippen LogP contribution in [0, 0.1) is 11.8 Å². The van der Waals surface area contributed by atoms with E-state index in [0.717, 1.165) is 19.3 Å².